The molecular formula is C14H10ClF2NOS. The van der Waals surface area contributed by atoms with Crippen molar-refractivity contribution in [2.24, 2.45) is 5.73 Å². The number of thiocarbonyl (C=S) groups is 1. The standard InChI is InChI=1S/C14H10ClF2NOS/c15-10-6-8(14(18)20)4-5-13(10)19-7-9-11(16)2-1-3-12(9)17/h1-6H,7H2,(H2,18,20). The second kappa shape index (κ2) is 6.15. The average molecular weight is 314 g/mol. The molecule has 0 amide bonds. The molecule has 0 saturated heterocycles. The van der Waals surface area contributed by atoms with E-state index in [1.807, 2.05) is 0 Å². The van der Waals surface area contributed by atoms with E-state index in [2.05, 4.69) is 0 Å². The van der Waals surface area contributed by atoms with Crippen LogP contribution in [0.25, 0.3) is 0 Å². The van der Waals surface area contributed by atoms with Gasteiger partial charge in [0, 0.05) is 5.56 Å². The lowest BCUT2D eigenvalue weighted by molar-refractivity contribution is 0.292. The van der Waals surface area contributed by atoms with Crippen LogP contribution in [0, 0.1) is 11.6 Å². The third kappa shape index (κ3) is 3.23. The second-order valence-electron chi connectivity index (χ2n) is 4.00. The molecule has 0 radical (unpaired) electrons. The number of hydrogen-bond donors (Lipinski definition) is 1. The molecule has 0 spiro atoms. The Morgan fingerprint density at radius 2 is 1.85 bits per heavy atom. The Morgan fingerprint density at radius 3 is 2.40 bits per heavy atom. The maximum Gasteiger partial charge on any atom is 0.138 e. The Morgan fingerprint density at radius 1 is 1.20 bits per heavy atom. The molecule has 2 nitrogen and oxygen atoms in total. The van der Waals surface area contributed by atoms with Crippen molar-refractivity contribution in [3.05, 3.63) is 64.2 Å². The third-order valence-corrected chi connectivity index (χ3v) is 3.18. The molecule has 0 fully saturated rings. The zero-order valence-corrected chi connectivity index (χ0v) is 11.8. The highest BCUT2D eigenvalue weighted by Crippen LogP contribution is 2.27. The predicted octanol–water partition coefficient (Wildman–Crippen LogP) is 3.83. The summed E-state index contributed by atoms with van der Waals surface area (Å²) in [6.07, 6.45) is 0. The van der Waals surface area contributed by atoms with Gasteiger partial charge in [-0.15, -0.1) is 0 Å². The van der Waals surface area contributed by atoms with Crippen molar-refractivity contribution in [2.75, 3.05) is 0 Å². The van der Waals surface area contributed by atoms with Gasteiger partial charge in [0.05, 0.1) is 10.6 Å². The van der Waals surface area contributed by atoms with Gasteiger partial charge in [-0.2, -0.15) is 0 Å². The molecule has 0 aliphatic rings. The van der Waals surface area contributed by atoms with Crippen LogP contribution < -0.4 is 10.5 Å². The van der Waals surface area contributed by atoms with Crippen LogP contribution in [0.4, 0.5) is 8.78 Å². The van der Waals surface area contributed by atoms with Crippen LogP contribution in [0.5, 0.6) is 5.75 Å². The van der Waals surface area contributed by atoms with Crippen molar-refractivity contribution in [3.63, 3.8) is 0 Å². The molecular weight excluding hydrogens is 304 g/mol. The van der Waals surface area contributed by atoms with Crippen LogP contribution >= 0.6 is 23.8 Å². The summed E-state index contributed by atoms with van der Waals surface area (Å²) in [5.41, 5.74) is 5.91. The average Bonchev–Trinajstić information content (AvgIpc) is 2.39. The molecule has 20 heavy (non-hydrogen) atoms. The van der Waals surface area contributed by atoms with Crippen molar-refractivity contribution in [2.45, 2.75) is 6.61 Å². The van der Waals surface area contributed by atoms with E-state index in [1.54, 1.807) is 12.1 Å². The summed E-state index contributed by atoms with van der Waals surface area (Å²) in [5, 5.41) is 0.270. The topological polar surface area (TPSA) is 35.2 Å². The second-order valence-corrected chi connectivity index (χ2v) is 4.85. The van der Waals surface area contributed by atoms with Gasteiger partial charge in [-0.3, -0.25) is 0 Å². The summed E-state index contributed by atoms with van der Waals surface area (Å²) in [6, 6.07) is 8.34. The maximum atomic E-state index is 13.4. The molecule has 2 aromatic carbocycles. The van der Waals surface area contributed by atoms with Gasteiger partial charge < -0.3 is 10.5 Å². The molecule has 104 valence electrons. The highest BCUT2D eigenvalue weighted by molar-refractivity contribution is 7.80. The molecule has 2 aromatic rings. The lowest BCUT2D eigenvalue weighted by Crippen LogP contribution is -2.09. The van der Waals surface area contributed by atoms with Crippen molar-refractivity contribution in [1.29, 1.82) is 0 Å². The van der Waals surface area contributed by atoms with Crippen LogP contribution in [0.3, 0.4) is 0 Å². The molecule has 0 atom stereocenters. The van der Waals surface area contributed by atoms with Crippen LogP contribution in [0.15, 0.2) is 36.4 Å². The van der Waals surface area contributed by atoms with E-state index < -0.39 is 11.6 Å². The Labute approximate surface area is 125 Å². The van der Waals surface area contributed by atoms with Gasteiger partial charge >= 0.3 is 0 Å². The zero-order valence-electron chi connectivity index (χ0n) is 10.2. The van der Waals surface area contributed by atoms with Crippen molar-refractivity contribution in [1.82, 2.24) is 0 Å². The highest BCUT2D eigenvalue weighted by Gasteiger charge is 2.11. The number of ether oxygens (including phenoxy) is 1. The van der Waals surface area contributed by atoms with Crippen molar-refractivity contribution < 1.29 is 13.5 Å². The van der Waals surface area contributed by atoms with E-state index in [9.17, 15) is 8.78 Å². The monoisotopic (exact) mass is 313 g/mol. The summed E-state index contributed by atoms with van der Waals surface area (Å²) >= 11 is 10.8. The Balaban J connectivity index is 2.17. The number of hydrogen-bond acceptors (Lipinski definition) is 2. The highest BCUT2D eigenvalue weighted by atomic mass is 35.5. The normalized spacial score (nSPS) is 10.3. The summed E-state index contributed by atoms with van der Waals surface area (Å²) < 4.78 is 32.2. The zero-order chi connectivity index (χ0) is 14.7. The number of halogens is 3. The first-order valence-electron chi connectivity index (χ1n) is 5.64. The first-order chi connectivity index (χ1) is 9.49. The number of benzene rings is 2. The Hall–Kier alpha value is -1.72. The van der Waals surface area contributed by atoms with E-state index >= 15 is 0 Å². The van der Waals surface area contributed by atoms with Crippen LogP contribution in [0.1, 0.15) is 11.1 Å². The first kappa shape index (κ1) is 14.7. The summed E-state index contributed by atoms with van der Waals surface area (Å²) in [4.78, 5) is 0.207. The van der Waals surface area contributed by atoms with E-state index in [4.69, 9.17) is 34.3 Å². The molecule has 6 heteroatoms. The van der Waals surface area contributed by atoms with E-state index in [1.165, 1.54) is 24.3 Å². The fourth-order valence-electron chi connectivity index (χ4n) is 1.59. The Kier molecular flexibility index (Phi) is 4.52. The lowest BCUT2D eigenvalue weighted by atomic mass is 10.2. The van der Waals surface area contributed by atoms with Gasteiger partial charge in [0.15, 0.2) is 0 Å². The Bertz CT molecular complexity index is 643. The minimum Gasteiger partial charge on any atom is -0.487 e. The lowest BCUT2D eigenvalue weighted by Gasteiger charge is -2.10. The van der Waals surface area contributed by atoms with Gasteiger partial charge in [0.1, 0.15) is 29.0 Å². The van der Waals surface area contributed by atoms with Gasteiger partial charge in [-0.05, 0) is 30.3 Å². The van der Waals surface area contributed by atoms with Gasteiger partial charge in [0.25, 0.3) is 0 Å². The van der Waals surface area contributed by atoms with Gasteiger partial charge in [0.2, 0.25) is 0 Å². The molecule has 0 bridgehead atoms. The van der Waals surface area contributed by atoms with Crippen LogP contribution in [0.2, 0.25) is 5.02 Å². The largest absolute Gasteiger partial charge is 0.487 e. The summed E-state index contributed by atoms with van der Waals surface area (Å²) in [6.45, 7) is -0.259. The van der Waals surface area contributed by atoms with Gasteiger partial charge in [-0.1, -0.05) is 29.9 Å². The summed E-state index contributed by atoms with van der Waals surface area (Å²) in [5.74, 6) is -1.03. The molecule has 0 saturated carbocycles. The molecule has 0 heterocycles. The SMILES string of the molecule is NC(=S)c1ccc(OCc2c(F)cccc2F)c(Cl)c1. The minimum atomic E-state index is -0.666. The third-order valence-electron chi connectivity index (χ3n) is 2.65. The molecule has 0 aromatic heterocycles. The van der Waals surface area contributed by atoms with Crippen molar-refractivity contribution in [3.8, 4) is 5.75 Å². The van der Waals surface area contributed by atoms with E-state index in [-0.39, 0.29) is 22.2 Å². The first-order valence-corrected chi connectivity index (χ1v) is 6.42. The smallest absolute Gasteiger partial charge is 0.138 e. The molecule has 2 rings (SSSR count). The summed E-state index contributed by atoms with van der Waals surface area (Å²) in [7, 11) is 0. The molecule has 0 aliphatic carbocycles. The number of rotatable bonds is 4. The van der Waals surface area contributed by atoms with Crippen LogP contribution in [-0.2, 0) is 6.61 Å². The molecule has 0 unspecified atom stereocenters. The molecule has 0 aliphatic heterocycles. The fourth-order valence-corrected chi connectivity index (χ4v) is 1.95. The van der Waals surface area contributed by atoms with Gasteiger partial charge in [-0.25, -0.2) is 8.78 Å². The minimum absolute atomic E-state index is 0.151. The van der Waals surface area contributed by atoms with E-state index in [0.29, 0.717) is 11.3 Å². The van der Waals surface area contributed by atoms with Crippen LogP contribution in [-0.4, -0.2) is 4.99 Å². The fraction of sp³-hybridized carbons (Fsp3) is 0.0714. The predicted molar refractivity (Wildman–Crippen MR) is 78.0 cm³/mol. The molecule has 2 N–H and O–H groups in total. The van der Waals surface area contributed by atoms with E-state index in [0.717, 1.165) is 0 Å². The quantitative estimate of drug-likeness (QED) is 0.871. The number of nitrogens with two attached hydrogens (primary N) is 1. The maximum absolute atomic E-state index is 13.4. The van der Waals surface area contributed by atoms with Crippen molar-refractivity contribution >= 4 is 28.8 Å².